The Labute approximate surface area is 101 Å². The standard InChI is InChI=1S/C14H15N3/c1-2-14(1)17-9-11-7-13(10-16-8-11)12-3-5-15-6-4-12/h3-8,10,14,17H,1-2,9H2. The van der Waals surface area contributed by atoms with E-state index in [1.165, 1.54) is 24.0 Å². The van der Waals surface area contributed by atoms with Gasteiger partial charge in [-0.1, -0.05) is 0 Å². The van der Waals surface area contributed by atoms with E-state index >= 15 is 0 Å². The molecule has 1 N–H and O–H groups in total. The largest absolute Gasteiger partial charge is 0.310 e. The highest BCUT2D eigenvalue weighted by Gasteiger charge is 2.19. The molecule has 2 aromatic rings. The zero-order chi connectivity index (χ0) is 11.5. The van der Waals surface area contributed by atoms with Crippen LogP contribution in [0.1, 0.15) is 18.4 Å². The molecule has 3 rings (SSSR count). The first-order chi connectivity index (χ1) is 8.42. The van der Waals surface area contributed by atoms with Gasteiger partial charge < -0.3 is 5.32 Å². The van der Waals surface area contributed by atoms with Crippen LogP contribution >= 0.6 is 0 Å². The van der Waals surface area contributed by atoms with Gasteiger partial charge in [0.2, 0.25) is 0 Å². The van der Waals surface area contributed by atoms with Crippen molar-refractivity contribution in [2.75, 3.05) is 0 Å². The molecule has 0 radical (unpaired) electrons. The van der Waals surface area contributed by atoms with Crippen LogP contribution in [0.5, 0.6) is 0 Å². The molecule has 1 aliphatic carbocycles. The molecule has 0 aromatic carbocycles. The molecule has 0 spiro atoms. The van der Waals surface area contributed by atoms with E-state index in [-0.39, 0.29) is 0 Å². The molecule has 1 saturated carbocycles. The number of hydrogen-bond donors (Lipinski definition) is 1. The average molecular weight is 225 g/mol. The molecule has 3 nitrogen and oxygen atoms in total. The Bertz CT molecular complexity index is 492. The van der Waals surface area contributed by atoms with E-state index in [9.17, 15) is 0 Å². The highest BCUT2D eigenvalue weighted by molar-refractivity contribution is 5.62. The van der Waals surface area contributed by atoms with Crippen LogP contribution in [0.3, 0.4) is 0 Å². The molecule has 86 valence electrons. The molecule has 0 amide bonds. The maximum Gasteiger partial charge on any atom is 0.0346 e. The van der Waals surface area contributed by atoms with Crippen molar-refractivity contribution in [1.82, 2.24) is 15.3 Å². The van der Waals surface area contributed by atoms with E-state index in [0.717, 1.165) is 18.2 Å². The average Bonchev–Trinajstić information content (AvgIpc) is 3.22. The van der Waals surface area contributed by atoms with E-state index < -0.39 is 0 Å². The van der Waals surface area contributed by atoms with Gasteiger partial charge in [0.25, 0.3) is 0 Å². The molecule has 0 unspecified atom stereocenters. The highest BCUT2D eigenvalue weighted by atomic mass is 14.9. The maximum atomic E-state index is 4.30. The van der Waals surface area contributed by atoms with Crippen molar-refractivity contribution in [2.24, 2.45) is 0 Å². The predicted molar refractivity (Wildman–Crippen MR) is 67.3 cm³/mol. The van der Waals surface area contributed by atoms with E-state index in [1.807, 2.05) is 36.9 Å². The normalized spacial score (nSPS) is 14.8. The lowest BCUT2D eigenvalue weighted by molar-refractivity contribution is 0.686. The second-order valence-electron chi connectivity index (χ2n) is 4.47. The molecule has 0 aliphatic heterocycles. The Kier molecular flexibility index (Phi) is 2.84. The number of pyridine rings is 2. The molecule has 0 bridgehead atoms. The van der Waals surface area contributed by atoms with Gasteiger partial charge in [-0.05, 0) is 42.2 Å². The van der Waals surface area contributed by atoms with Gasteiger partial charge in [0.05, 0.1) is 0 Å². The minimum atomic E-state index is 0.736. The smallest absolute Gasteiger partial charge is 0.0346 e. The lowest BCUT2D eigenvalue weighted by Crippen LogP contribution is -2.15. The lowest BCUT2D eigenvalue weighted by atomic mass is 10.1. The third kappa shape index (κ3) is 2.68. The third-order valence-electron chi connectivity index (χ3n) is 2.98. The van der Waals surface area contributed by atoms with Crippen molar-refractivity contribution in [1.29, 1.82) is 0 Å². The van der Waals surface area contributed by atoms with Gasteiger partial charge in [0.15, 0.2) is 0 Å². The quantitative estimate of drug-likeness (QED) is 0.868. The molecule has 17 heavy (non-hydrogen) atoms. The van der Waals surface area contributed by atoms with E-state index in [0.29, 0.717) is 0 Å². The van der Waals surface area contributed by atoms with Gasteiger partial charge in [-0.15, -0.1) is 0 Å². The third-order valence-corrected chi connectivity index (χ3v) is 2.98. The van der Waals surface area contributed by atoms with Crippen LogP contribution in [-0.2, 0) is 6.54 Å². The zero-order valence-electron chi connectivity index (χ0n) is 9.63. The molecule has 2 heterocycles. The molecule has 2 aromatic heterocycles. The molecule has 1 aliphatic rings. The van der Waals surface area contributed by atoms with Crippen molar-refractivity contribution in [3.63, 3.8) is 0 Å². The first-order valence-corrected chi connectivity index (χ1v) is 5.99. The SMILES string of the molecule is c1cc(-c2cncc(CNC3CC3)c2)ccn1. The minimum absolute atomic E-state index is 0.736. The Morgan fingerprint density at radius 2 is 1.88 bits per heavy atom. The van der Waals surface area contributed by atoms with E-state index in [2.05, 4.69) is 21.4 Å². The fraction of sp³-hybridized carbons (Fsp3) is 0.286. The summed E-state index contributed by atoms with van der Waals surface area (Å²) in [4.78, 5) is 8.33. The fourth-order valence-electron chi connectivity index (χ4n) is 1.84. The molecule has 1 fully saturated rings. The minimum Gasteiger partial charge on any atom is -0.310 e. The van der Waals surface area contributed by atoms with Crippen LogP contribution in [-0.4, -0.2) is 16.0 Å². The van der Waals surface area contributed by atoms with Crippen LogP contribution in [0.2, 0.25) is 0 Å². The van der Waals surface area contributed by atoms with Gasteiger partial charge in [-0.3, -0.25) is 9.97 Å². The summed E-state index contributed by atoms with van der Waals surface area (Å²) in [6, 6.07) is 6.95. The van der Waals surface area contributed by atoms with Crippen LogP contribution in [0, 0.1) is 0 Å². The first-order valence-electron chi connectivity index (χ1n) is 5.99. The van der Waals surface area contributed by atoms with Crippen molar-refractivity contribution in [3.8, 4) is 11.1 Å². The number of rotatable bonds is 4. The summed E-state index contributed by atoms with van der Waals surface area (Å²) in [7, 11) is 0. The monoisotopic (exact) mass is 225 g/mol. The summed E-state index contributed by atoms with van der Waals surface area (Å²) in [5, 5.41) is 3.50. The summed E-state index contributed by atoms with van der Waals surface area (Å²) in [5.74, 6) is 0. The lowest BCUT2D eigenvalue weighted by Gasteiger charge is -2.05. The predicted octanol–water partition coefficient (Wildman–Crippen LogP) is 2.40. The number of nitrogens with one attached hydrogen (secondary N) is 1. The van der Waals surface area contributed by atoms with Gasteiger partial charge in [0, 0.05) is 42.9 Å². The van der Waals surface area contributed by atoms with Gasteiger partial charge >= 0.3 is 0 Å². The molecular formula is C14H15N3. The maximum absolute atomic E-state index is 4.30. The second-order valence-corrected chi connectivity index (χ2v) is 4.47. The van der Waals surface area contributed by atoms with Gasteiger partial charge in [-0.25, -0.2) is 0 Å². The number of nitrogens with zero attached hydrogens (tertiary/aromatic N) is 2. The van der Waals surface area contributed by atoms with E-state index in [1.54, 1.807) is 0 Å². The summed E-state index contributed by atoms with van der Waals surface area (Å²) >= 11 is 0. The molecule has 0 atom stereocenters. The van der Waals surface area contributed by atoms with E-state index in [4.69, 9.17) is 0 Å². The molecule has 3 heteroatoms. The van der Waals surface area contributed by atoms with Crippen LogP contribution in [0.15, 0.2) is 43.0 Å². The van der Waals surface area contributed by atoms with Crippen molar-refractivity contribution < 1.29 is 0 Å². The summed E-state index contributed by atoms with van der Waals surface area (Å²) < 4.78 is 0. The van der Waals surface area contributed by atoms with Crippen molar-refractivity contribution in [3.05, 3.63) is 48.5 Å². The van der Waals surface area contributed by atoms with Crippen molar-refractivity contribution in [2.45, 2.75) is 25.4 Å². The fourth-order valence-corrected chi connectivity index (χ4v) is 1.84. The van der Waals surface area contributed by atoms with Crippen molar-refractivity contribution >= 4 is 0 Å². The molecular weight excluding hydrogens is 210 g/mol. The Hall–Kier alpha value is -1.74. The van der Waals surface area contributed by atoms with Crippen LogP contribution in [0.25, 0.3) is 11.1 Å². The topological polar surface area (TPSA) is 37.8 Å². The summed E-state index contributed by atoms with van der Waals surface area (Å²) in [6.07, 6.45) is 10.1. The number of aromatic nitrogens is 2. The van der Waals surface area contributed by atoms with Crippen LogP contribution in [0.4, 0.5) is 0 Å². The van der Waals surface area contributed by atoms with Gasteiger partial charge in [0.1, 0.15) is 0 Å². The summed E-state index contributed by atoms with van der Waals surface area (Å²) in [6.45, 7) is 0.913. The Morgan fingerprint density at radius 1 is 1.06 bits per heavy atom. The van der Waals surface area contributed by atoms with Gasteiger partial charge in [-0.2, -0.15) is 0 Å². The zero-order valence-corrected chi connectivity index (χ0v) is 9.63. The Balaban J connectivity index is 1.78. The highest BCUT2D eigenvalue weighted by Crippen LogP contribution is 2.21. The first kappa shape index (κ1) is 10.4. The van der Waals surface area contributed by atoms with Crippen LogP contribution < -0.4 is 5.32 Å². The number of hydrogen-bond acceptors (Lipinski definition) is 3. The molecule has 0 saturated heterocycles. The summed E-state index contributed by atoms with van der Waals surface area (Å²) in [5.41, 5.74) is 3.56. The Morgan fingerprint density at radius 3 is 2.65 bits per heavy atom. The second kappa shape index (κ2) is 4.63.